The highest BCUT2D eigenvalue weighted by Gasteiger charge is 2.07. The number of allylic oxidation sites excluding steroid dienone is 6. The van der Waals surface area contributed by atoms with E-state index in [0.717, 1.165) is 32.0 Å². The number of nitro groups is 2. The predicted molar refractivity (Wildman–Crippen MR) is 106 cm³/mol. The summed E-state index contributed by atoms with van der Waals surface area (Å²) in [7, 11) is 0. The quantitative estimate of drug-likeness (QED) is 0.115. The minimum absolute atomic E-state index is 0.183. The Kier molecular flexibility index (Phi) is 15.3. The van der Waals surface area contributed by atoms with Crippen molar-refractivity contribution in [3.63, 3.8) is 0 Å². The van der Waals surface area contributed by atoms with Gasteiger partial charge in [-0.3, -0.25) is 20.2 Å². The molecule has 0 spiro atoms. The van der Waals surface area contributed by atoms with Crippen LogP contribution in [0, 0.1) is 20.2 Å². The maximum atomic E-state index is 11.1. The molecule has 0 bridgehead atoms. The predicted octanol–water partition coefficient (Wildman–Crippen LogP) is 5.54. The van der Waals surface area contributed by atoms with Crippen LogP contribution in [0.1, 0.15) is 71.1 Å². The van der Waals surface area contributed by atoms with Crippen molar-refractivity contribution in [2.45, 2.75) is 71.1 Å². The van der Waals surface area contributed by atoms with Crippen LogP contribution in [-0.2, 0) is 4.79 Å². The minimum atomic E-state index is -0.375. The van der Waals surface area contributed by atoms with Gasteiger partial charge in [0.2, 0.25) is 11.4 Å². The third kappa shape index (κ3) is 14.3. The topological polar surface area (TPSA) is 103 Å². The molecule has 0 saturated heterocycles. The van der Waals surface area contributed by atoms with Gasteiger partial charge in [0.05, 0.1) is 22.7 Å². The summed E-state index contributed by atoms with van der Waals surface area (Å²) in [6.45, 7) is 1.85. The second-order valence-corrected chi connectivity index (χ2v) is 6.06. The Morgan fingerprint density at radius 2 is 1.30 bits per heavy atom. The zero-order chi connectivity index (χ0) is 20.3. The molecular weight excluding hydrogens is 348 g/mol. The minimum Gasteiger partial charge on any atom is -0.303 e. The number of nitrogens with zero attached hydrogens (tertiary/aromatic N) is 2. The molecule has 0 unspecified atom stereocenters. The molecule has 0 atom stereocenters. The van der Waals surface area contributed by atoms with Crippen molar-refractivity contribution in [1.29, 1.82) is 0 Å². The SMILES string of the molecule is CC/C=C(\C/C=C\C/C=C\C/C(=C\CCCCCCC=O)[N+](=O)[O-])[N+](=O)[O-]. The van der Waals surface area contributed by atoms with Crippen molar-refractivity contribution < 1.29 is 14.6 Å². The molecule has 7 nitrogen and oxygen atoms in total. The van der Waals surface area contributed by atoms with E-state index in [4.69, 9.17) is 0 Å². The maximum absolute atomic E-state index is 11.1. The van der Waals surface area contributed by atoms with Crippen molar-refractivity contribution in [1.82, 2.24) is 0 Å². The van der Waals surface area contributed by atoms with Crippen molar-refractivity contribution in [2.24, 2.45) is 0 Å². The second kappa shape index (κ2) is 16.9. The lowest BCUT2D eigenvalue weighted by atomic mass is 10.1. The zero-order valence-electron chi connectivity index (χ0n) is 16.0. The first-order valence-electron chi connectivity index (χ1n) is 9.43. The van der Waals surface area contributed by atoms with Gasteiger partial charge in [-0.05, 0) is 44.3 Å². The molecule has 150 valence electrons. The third-order valence-corrected chi connectivity index (χ3v) is 3.82. The van der Waals surface area contributed by atoms with Crippen LogP contribution in [0.5, 0.6) is 0 Å². The molecule has 0 amide bonds. The Morgan fingerprint density at radius 1 is 0.778 bits per heavy atom. The Hall–Kier alpha value is -2.57. The Bertz CT molecular complexity index is 577. The summed E-state index contributed by atoms with van der Waals surface area (Å²) >= 11 is 0. The molecule has 0 aliphatic heterocycles. The second-order valence-electron chi connectivity index (χ2n) is 6.06. The number of carbonyl (C=O) groups is 1. The number of aldehydes is 1. The summed E-state index contributed by atoms with van der Waals surface area (Å²) in [5.74, 6) is 0. The molecule has 0 N–H and O–H groups in total. The fourth-order valence-electron chi connectivity index (χ4n) is 2.37. The van der Waals surface area contributed by atoms with Gasteiger partial charge in [0.25, 0.3) is 0 Å². The number of hydrogen-bond donors (Lipinski definition) is 0. The normalized spacial score (nSPS) is 12.8. The molecule has 0 heterocycles. The first-order chi connectivity index (χ1) is 13.0. The first-order valence-corrected chi connectivity index (χ1v) is 9.43. The van der Waals surface area contributed by atoms with Crippen LogP contribution in [0.25, 0.3) is 0 Å². The van der Waals surface area contributed by atoms with Gasteiger partial charge in [0.15, 0.2) is 0 Å². The van der Waals surface area contributed by atoms with Gasteiger partial charge >= 0.3 is 0 Å². The molecule has 0 aromatic heterocycles. The van der Waals surface area contributed by atoms with Gasteiger partial charge < -0.3 is 4.79 Å². The van der Waals surface area contributed by atoms with E-state index in [1.807, 2.05) is 19.1 Å². The highest BCUT2D eigenvalue weighted by Crippen LogP contribution is 2.10. The van der Waals surface area contributed by atoms with Gasteiger partial charge in [-0.25, -0.2) is 0 Å². The number of carbonyl (C=O) groups excluding carboxylic acids is 1. The van der Waals surface area contributed by atoms with E-state index in [2.05, 4.69) is 0 Å². The zero-order valence-corrected chi connectivity index (χ0v) is 16.0. The molecule has 0 fully saturated rings. The monoisotopic (exact) mass is 378 g/mol. The van der Waals surface area contributed by atoms with Crippen molar-refractivity contribution in [3.05, 3.63) is 68.1 Å². The number of hydrogen-bond acceptors (Lipinski definition) is 5. The van der Waals surface area contributed by atoms with Gasteiger partial charge in [-0.1, -0.05) is 44.1 Å². The summed E-state index contributed by atoms with van der Waals surface area (Å²) in [4.78, 5) is 31.3. The molecule has 27 heavy (non-hydrogen) atoms. The molecule has 0 aromatic carbocycles. The standard InChI is InChI=1S/C20H30N2O5/c1-2-14-19(21(24)25)15-10-7-5-8-12-17-20(22(26)27)16-11-6-3-4-9-13-18-23/h7-8,10,12,14,16,18H,2-6,9,11,13,15,17H2,1H3/b10-7-,12-8-,19-14+,20-16+. The maximum Gasteiger partial charge on any atom is 0.246 e. The lowest BCUT2D eigenvalue weighted by Crippen LogP contribution is -1.97. The lowest BCUT2D eigenvalue weighted by molar-refractivity contribution is -0.427. The average Bonchev–Trinajstić information content (AvgIpc) is 2.63. The largest absolute Gasteiger partial charge is 0.303 e. The van der Waals surface area contributed by atoms with Crippen LogP contribution in [0.15, 0.2) is 47.9 Å². The highest BCUT2D eigenvalue weighted by molar-refractivity contribution is 5.48. The number of rotatable bonds is 16. The van der Waals surface area contributed by atoms with Crippen LogP contribution in [0.4, 0.5) is 0 Å². The summed E-state index contributed by atoms with van der Waals surface area (Å²) in [6, 6.07) is 0. The Balaban J connectivity index is 4.19. The summed E-state index contributed by atoms with van der Waals surface area (Å²) in [5, 5.41) is 21.8. The fraction of sp³-hybridized carbons (Fsp3) is 0.550. The van der Waals surface area contributed by atoms with E-state index in [0.29, 0.717) is 25.7 Å². The molecule has 0 aliphatic carbocycles. The molecule has 0 aromatic rings. The summed E-state index contributed by atoms with van der Waals surface area (Å²) in [5.41, 5.74) is 0.368. The Labute approximate surface area is 160 Å². The van der Waals surface area contributed by atoms with Crippen LogP contribution >= 0.6 is 0 Å². The molecular formula is C20H30N2O5. The van der Waals surface area contributed by atoms with Crippen LogP contribution in [0.3, 0.4) is 0 Å². The first kappa shape index (κ1) is 24.4. The number of unbranched alkanes of at least 4 members (excludes halogenated alkanes) is 5. The van der Waals surface area contributed by atoms with E-state index in [1.165, 1.54) is 0 Å². The fourth-order valence-corrected chi connectivity index (χ4v) is 2.37. The molecule has 0 aliphatic rings. The molecule has 0 saturated carbocycles. The Morgan fingerprint density at radius 3 is 1.78 bits per heavy atom. The van der Waals surface area contributed by atoms with Crippen molar-refractivity contribution >= 4 is 6.29 Å². The summed E-state index contributed by atoms with van der Waals surface area (Å²) in [6.07, 6.45) is 18.0. The van der Waals surface area contributed by atoms with E-state index in [1.54, 1.807) is 24.3 Å². The van der Waals surface area contributed by atoms with Gasteiger partial charge in [0.1, 0.15) is 6.29 Å². The molecule has 7 heteroatoms. The van der Waals surface area contributed by atoms with Crippen LogP contribution in [0.2, 0.25) is 0 Å². The van der Waals surface area contributed by atoms with Crippen LogP contribution in [-0.4, -0.2) is 16.1 Å². The summed E-state index contributed by atoms with van der Waals surface area (Å²) < 4.78 is 0. The van der Waals surface area contributed by atoms with Gasteiger partial charge in [-0.15, -0.1) is 0 Å². The van der Waals surface area contributed by atoms with E-state index in [-0.39, 0.29) is 34.1 Å². The van der Waals surface area contributed by atoms with E-state index in [9.17, 15) is 25.0 Å². The lowest BCUT2D eigenvalue weighted by Gasteiger charge is -1.97. The molecule has 0 radical (unpaired) electrons. The van der Waals surface area contributed by atoms with Gasteiger partial charge in [-0.2, -0.15) is 0 Å². The van der Waals surface area contributed by atoms with Crippen LogP contribution < -0.4 is 0 Å². The molecule has 0 rings (SSSR count). The van der Waals surface area contributed by atoms with Gasteiger partial charge in [0, 0.05) is 6.42 Å². The average molecular weight is 378 g/mol. The van der Waals surface area contributed by atoms with E-state index >= 15 is 0 Å². The smallest absolute Gasteiger partial charge is 0.246 e. The third-order valence-electron chi connectivity index (χ3n) is 3.82. The van der Waals surface area contributed by atoms with Crippen molar-refractivity contribution in [3.8, 4) is 0 Å². The van der Waals surface area contributed by atoms with Crippen molar-refractivity contribution in [2.75, 3.05) is 0 Å². The van der Waals surface area contributed by atoms with E-state index < -0.39 is 0 Å². The highest BCUT2D eigenvalue weighted by atomic mass is 16.6.